The van der Waals surface area contributed by atoms with Crippen LogP contribution in [0, 0.1) is 0 Å². The van der Waals surface area contributed by atoms with Crippen molar-refractivity contribution in [2.45, 2.75) is 58.3 Å². The summed E-state index contributed by atoms with van der Waals surface area (Å²) in [4.78, 5) is 21.4. The Bertz CT molecular complexity index is 513. The molecule has 0 aromatic rings. The van der Waals surface area contributed by atoms with Crippen LogP contribution < -0.4 is 5.32 Å². The number of amides is 1. The molecular formula is C22H33NO3. The summed E-state index contributed by atoms with van der Waals surface area (Å²) in [5.41, 5.74) is 0. The van der Waals surface area contributed by atoms with Crippen LogP contribution in [0.25, 0.3) is 0 Å². The van der Waals surface area contributed by atoms with E-state index in [1.807, 2.05) is 24.3 Å². The number of carboxylic acid groups (broad SMARTS) is 1. The molecule has 0 saturated heterocycles. The number of nitrogens with one attached hydrogen (secondary N) is 1. The first-order valence-electron chi connectivity index (χ1n) is 9.49. The first kappa shape index (κ1) is 23.6. The van der Waals surface area contributed by atoms with Crippen LogP contribution in [-0.2, 0) is 9.59 Å². The van der Waals surface area contributed by atoms with Crippen molar-refractivity contribution in [3.05, 3.63) is 60.8 Å². The SMILES string of the molecule is CCCCCCCCCC=CC=CC=CC=CC=CC(=O)NCC(=O)O. The lowest BCUT2D eigenvalue weighted by Gasteiger charge is -1.98. The van der Waals surface area contributed by atoms with Gasteiger partial charge in [-0.25, -0.2) is 0 Å². The van der Waals surface area contributed by atoms with E-state index in [1.54, 1.807) is 18.2 Å². The van der Waals surface area contributed by atoms with Gasteiger partial charge in [0.25, 0.3) is 0 Å². The number of rotatable bonds is 15. The summed E-state index contributed by atoms with van der Waals surface area (Å²) < 4.78 is 0. The van der Waals surface area contributed by atoms with E-state index in [0.29, 0.717) is 0 Å². The standard InChI is InChI=1S/C22H33NO3/c1-2-3-4-5-6-7-8-9-10-11-12-13-14-15-16-17-18-19-21(24)23-20-22(25)26/h10-19H,2-9,20H2,1H3,(H,23,24)(H,25,26). The number of hydrogen-bond donors (Lipinski definition) is 2. The van der Waals surface area contributed by atoms with E-state index in [-0.39, 0.29) is 6.54 Å². The molecule has 0 spiro atoms. The molecule has 26 heavy (non-hydrogen) atoms. The molecule has 0 rings (SSSR count). The third-order valence-corrected chi connectivity index (χ3v) is 3.55. The Morgan fingerprint density at radius 1 is 0.769 bits per heavy atom. The fourth-order valence-corrected chi connectivity index (χ4v) is 2.14. The predicted octanol–water partition coefficient (Wildman–Crippen LogP) is 5.11. The highest BCUT2D eigenvalue weighted by Gasteiger charge is 1.97. The van der Waals surface area contributed by atoms with Crippen molar-refractivity contribution in [2.24, 2.45) is 0 Å². The fraction of sp³-hybridized carbons (Fsp3) is 0.455. The number of aliphatic carboxylic acids is 1. The van der Waals surface area contributed by atoms with E-state index in [9.17, 15) is 9.59 Å². The molecular weight excluding hydrogens is 326 g/mol. The maximum Gasteiger partial charge on any atom is 0.322 e. The lowest BCUT2D eigenvalue weighted by molar-refractivity contribution is -0.137. The molecule has 0 heterocycles. The summed E-state index contributed by atoms with van der Waals surface area (Å²) >= 11 is 0. The first-order chi connectivity index (χ1) is 12.7. The Morgan fingerprint density at radius 3 is 1.92 bits per heavy atom. The maximum absolute atomic E-state index is 11.2. The Hall–Kier alpha value is -2.36. The van der Waals surface area contributed by atoms with Crippen LogP contribution in [0.2, 0.25) is 0 Å². The quantitative estimate of drug-likeness (QED) is 0.243. The molecule has 0 unspecified atom stereocenters. The lowest BCUT2D eigenvalue weighted by Crippen LogP contribution is -2.27. The van der Waals surface area contributed by atoms with E-state index >= 15 is 0 Å². The second kappa shape index (κ2) is 19.0. The van der Waals surface area contributed by atoms with Crippen molar-refractivity contribution >= 4 is 11.9 Å². The van der Waals surface area contributed by atoms with E-state index in [0.717, 1.165) is 6.42 Å². The van der Waals surface area contributed by atoms with Gasteiger partial charge < -0.3 is 10.4 Å². The van der Waals surface area contributed by atoms with Gasteiger partial charge in [0.2, 0.25) is 5.91 Å². The highest BCUT2D eigenvalue weighted by Crippen LogP contribution is 2.08. The minimum atomic E-state index is -1.06. The van der Waals surface area contributed by atoms with Crippen LogP contribution in [0.4, 0.5) is 0 Å². The van der Waals surface area contributed by atoms with E-state index in [2.05, 4.69) is 24.4 Å². The van der Waals surface area contributed by atoms with Crippen LogP contribution in [0.3, 0.4) is 0 Å². The van der Waals surface area contributed by atoms with Crippen molar-refractivity contribution in [1.29, 1.82) is 0 Å². The smallest absolute Gasteiger partial charge is 0.322 e. The average Bonchev–Trinajstić information content (AvgIpc) is 2.62. The van der Waals surface area contributed by atoms with Gasteiger partial charge in [-0.1, -0.05) is 100 Å². The molecule has 4 heteroatoms. The molecule has 144 valence electrons. The Kier molecular flexibility index (Phi) is 17.2. The van der Waals surface area contributed by atoms with Gasteiger partial charge >= 0.3 is 5.97 Å². The Balaban J connectivity index is 3.65. The van der Waals surface area contributed by atoms with E-state index < -0.39 is 11.9 Å². The monoisotopic (exact) mass is 359 g/mol. The summed E-state index contributed by atoms with van der Waals surface area (Å²) in [5.74, 6) is -1.49. The number of carboxylic acids is 1. The third-order valence-electron chi connectivity index (χ3n) is 3.55. The topological polar surface area (TPSA) is 66.4 Å². The van der Waals surface area contributed by atoms with Gasteiger partial charge in [0.15, 0.2) is 0 Å². The van der Waals surface area contributed by atoms with Gasteiger partial charge in [-0.2, -0.15) is 0 Å². The zero-order valence-electron chi connectivity index (χ0n) is 15.9. The van der Waals surface area contributed by atoms with Gasteiger partial charge in [-0.05, 0) is 12.8 Å². The molecule has 0 radical (unpaired) electrons. The van der Waals surface area contributed by atoms with Crippen molar-refractivity contribution in [1.82, 2.24) is 5.32 Å². The van der Waals surface area contributed by atoms with Gasteiger partial charge in [-0.3, -0.25) is 9.59 Å². The summed E-state index contributed by atoms with van der Waals surface area (Å²) in [6.07, 6.45) is 28.9. The van der Waals surface area contributed by atoms with Crippen LogP contribution >= 0.6 is 0 Å². The zero-order chi connectivity index (χ0) is 19.3. The predicted molar refractivity (Wildman–Crippen MR) is 109 cm³/mol. The number of unbranched alkanes of at least 4 members (excludes halogenated alkanes) is 7. The summed E-state index contributed by atoms with van der Waals surface area (Å²) in [7, 11) is 0. The second-order valence-electron chi connectivity index (χ2n) is 5.96. The Morgan fingerprint density at radius 2 is 1.31 bits per heavy atom. The molecule has 0 fully saturated rings. The molecule has 0 aromatic heterocycles. The van der Waals surface area contributed by atoms with Gasteiger partial charge in [0.05, 0.1) is 0 Å². The third kappa shape index (κ3) is 19.7. The van der Waals surface area contributed by atoms with Crippen molar-refractivity contribution in [2.75, 3.05) is 6.54 Å². The van der Waals surface area contributed by atoms with Crippen molar-refractivity contribution in [3.8, 4) is 0 Å². The van der Waals surface area contributed by atoms with Crippen LogP contribution in [0.5, 0.6) is 0 Å². The maximum atomic E-state index is 11.2. The molecule has 0 aliphatic rings. The number of allylic oxidation sites excluding steroid dienone is 9. The lowest BCUT2D eigenvalue weighted by atomic mass is 10.1. The largest absolute Gasteiger partial charge is 0.480 e. The highest BCUT2D eigenvalue weighted by atomic mass is 16.4. The molecule has 0 bridgehead atoms. The molecule has 0 aliphatic carbocycles. The van der Waals surface area contributed by atoms with Gasteiger partial charge in [0.1, 0.15) is 6.54 Å². The van der Waals surface area contributed by atoms with Crippen LogP contribution in [0.1, 0.15) is 58.3 Å². The Labute approximate surface area is 158 Å². The number of carbonyl (C=O) groups excluding carboxylic acids is 1. The van der Waals surface area contributed by atoms with E-state index in [1.165, 1.54) is 51.0 Å². The highest BCUT2D eigenvalue weighted by molar-refractivity contribution is 5.90. The zero-order valence-corrected chi connectivity index (χ0v) is 15.9. The summed E-state index contributed by atoms with van der Waals surface area (Å²) in [6.45, 7) is 1.87. The van der Waals surface area contributed by atoms with Crippen LogP contribution in [-0.4, -0.2) is 23.5 Å². The summed E-state index contributed by atoms with van der Waals surface area (Å²) in [5, 5.41) is 10.7. The second-order valence-corrected chi connectivity index (χ2v) is 5.96. The number of hydrogen-bond acceptors (Lipinski definition) is 2. The molecule has 0 aliphatic heterocycles. The summed E-state index contributed by atoms with van der Waals surface area (Å²) in [6, 6.07) is 0. The van der Waals surface area contributed by atoms with Crippen molar-refractivity contribution < 1.29 is 14.7 Å². The number of carbonyl (C=O) groups is 2. The van der Waals surface area contributed by atoms with Gasteiger partial charge in [0, 0.05) is 6.08 Å². The fourth-order valence-electron chi connectivity index (χ4n) is 2.14. The van der Waals surface area contributed by atoms with Gasteiger partial charge in [-0.15, -0.1) is 0 Å². The minimum Gasteiger partial charge on any atom is -0.480 e. The molecule has 2 N–H and O–H groups in total. The minimum absolute atomic E-state index is 0.371. The molecule has 0 aromatic carbocycles. The molecule has 1 amide bonds. The normalized spacial score (nSPS) is 12.3. The molecule has 0 saturated carbocycles. The molecule has 0 atom stereocenters. The van der Waals surface area contributed by atoms with E-state index in [4.69, 9.17) is 5.11 Å². The van der Waals surface area contributed by atoms with Crippen molar-refractivity contribution in [3.63, 3.8) is 0 Å². The first-order valence-corrected chi connectivity index (χ1v) is 9.49. The molecule has 4 nitrogen and oxygen atoms in total. The average molecular weight is 360 g/mol. The van der Waals surface area contributed by atoms with Crippen LogP contribution in [0.15, 0.2) is 60.8 Å².